The Morgan fingerprint density at radius 3 is 2.83 bits per heavy atom. The van der Waals surface area contributed by atoms with Gasteiger partial charge in [-0.1, -0.05) is 0 Å². The molecule has 0 radical (unpaired) electrons. The van der Waals surface area contributed by atoms with E-state index in [1.807, 2.05) is 6.07 Å². The average molecular weight is 249 g/mol. The Morgan fingerprint density at radius 1 is 1.50 bits per heavy atom. The number of methoxy groups -OCH3 is 1. The molecule has 1 heterocycles. The van der Waals surface area contributed by atoms with E-state index in [-0.39, 0.29) is 23.8 Å². The van der Waals surface area contributed by atoms with Crippen LogP contribution in [0.2, 0.25) is 0 Å². The van der Waals surface area contributed by atoms with E-state index < -0.39 is 0 Å². The fourth-order valence-electron chi connectivity index (χ4n) is 1.31. The van der Waals surface area contributed by atoms with Gasteiger partial charge in [-0.25, -0.2) is 9.97 Å². The average Bonchev–Trinajstić information content (AvgIpc) is 2.39. The number of carbonyl (C=O) groups is 1. The Kier molecular flexibility index (Phi) is 5.54. The number of nitriles is 1. The number of hydrogen-bond acceptors (Lipinski definition) is 6. The Hall–Kier alpha value is -2.20. The number of hydrogen-bond donors (Lipinski definition) is 1. The molecule has 1 aromatic heterocycles. The summed E-state index contributed by atoms with van der Waals surface area (Å²) in [6.07, 6.45) is 2.91. The maximum atomic E-state index is 12.1. The minimum Gasteiger partial charge on any atom is -0.383 e. The number of aromatic nitrogens is 2. The van der Waals surface area contributed by atoms with Crippen molar-refractivity contribution in [3.05, 3.63) is 18.1 Å². The van der Waals surface area contributed by atoms with E-state index in [1.54, 1.807) is 7.11 Å². The van der Waals surface area contributed by atoms with Gasteiger partial charge < -0.3 is 15.4 Å². The van der Waals surface area contributed by atoms with Crippen molar-refractivity contribution >= 4 is 11.7 Å². The molecule has 96 valence electrons. The molecule has 0 fully saturated rings. The number of rotatable bonds is 6. The van der Waals surface area contributed by atoms with Crippen LogP contribution in [0.25, 0.3) is 0 Å². The van der Waals surface area contributed by atoms with Gasteiger partial charge in [-0.15, -0.1) is 0 Å². The van der Waals surface area contributed by atoms with Gasteiger partial charge in [-0.3, -0.25) is 4.79 Å². The first kappa shape index (κ1) is 13.9. The zero-order chi connectivity index (χ0) is 13.4. The third kappa shape index (κ3) is 3.99. The van der Waals surface area contributed by atoms with E-state index in [4.69, 9.17) is 15.7 Å². The van der Waals surface area contributed by atoms with Gasteiger partial charge in [0.05, 0.1) is 31.5 Å². The van der Waals surface area contributed by atoms with Crippen LogP contribution in [0, 0.1) is 11.3 Å². The molecule has 1 aromatic rings. The van der Waals surface area contributed by atoms with Gasteiger partial charge in [0.15, 0.2) is 0 Å². The van der Waals surface area contributed by atoms with Crippen molar-refractivity contribution in [2.75, 3.05) is 32.5 Å². The number of nitrogen functional groups attached to an aromatic ring is 1. The predicted molar refractivity (Wildman–Crippen MR) is 64.5 cm³/mol. The highest BCUT2D eigenvalue weighted by molar-refractivity contribution is 5.92. The highest BCUT2D eigenvalue weighted by atomic mass is 16.5. The molecule has 7 heteroatoms. The van der Waals surface area contributed by atoms with Crippen LogP contribution < -0.4 is 5.73 Å². The van der Waals surface area contributed by atoms with Gasteiger partial charge >= 0.3 is 0 Å². The van der Waals surface area contributed by atoms with Crippen LogP contribution in [0.3, 0.4) is 0 Å². The van der Waals surface area contributed by atoms with Gasteiger partial charge in [-0.2, -0.15) is 5.26 Å². The maximum Gasteiger partial charge on any atom is 0.274 e. The molecule has 18 heavy (non-hydrogen) atoms. The Labute approximate surface area is 105 Å². The van der Waals surface area contributed by atoms with E-state index in [0.29, 0.717) is 19.7 Å². The van der Waals surface area contributed by atoms with Crippen molar-refractivity contribution in [1.29, 1.82) is 5.26 Å². The molecule has 0 aliphatic rings. The molecule has 0 atom stereocenters. The standard InChI is InChI=1S/C11H15N5O2/c1-18-6-5-16(4-2-3-12)11(17)9-7-15-10(13)8-14-9/h7-8H,2,4-6H2,1H3,(H2,13,15). The van der Waals surface area contributed by atoms with Crippen molar-refractivity contribution < 1.29 is 9.53 Å². The van der Waals surface area contributed by atoms with Gasteiger partial charge in [0.25, 0.3) is 5.91 Å². The molecule has 0 spiro atoms. The normalized spacial score (nSPS) is 9.78. The molecular weight excluding hydrogens is 234 g/mol. The quantitative estimate of drug-likeness (QED) is 0.764. The van der Waals surface area contributed by atoms with Crippen LogP contribution in [0.5, 0.6) is 0 Å². The van der Waals surface area contributed by atoms with Crippen LogP contribution in [-0.4, -0.2) is 47.6 Å². The second-order valence-electron chi connectivity index (χ2n) is 3.52. The van der Waals surface area contributed by atoms with E-state index in [0.717, 1.165) is 0 Å². The van der Waals surface area contributed by atoms with Crippen molar-refractivity contribution in [1.82, 2.24) is 14.9 Å². The molecular formula is C11H15N5O2. The molecule has 0 saturated heterocycles. The van der Waals surface area contributed by atoms with Gasteiger partial charge in [0.1, 0.15) is 11.5 Å². The number of anilines is 1. The summed E-state index contributed by atoms with van der Waals surface area (Å²) in [6, 6.07) is 2.00. The molecule has 0 saturated carbocycles. The Balaban J connectivity index is 2.74. The van der Waals surface area contributed by atoms with E-state index in [9.17, 15) is 4.79 Å². The first-order valence-corrected chi connectivity index (χ1v) is 5.41. The summed E-state index contributed by atoms with van der Waals surface area (Å²) in [5, 5.41) is 8.57. The lowest BCUT2D eigenvalue weighted by molar-refractivity contribution is 0.0693. The van der Waals surface area contributed by atoms with Crippen LogP contribution in [0.1, 0.15) is 16.9 Å². The van der Waals surface area contributed by atoms with Gasteiger partial charge in [-0.05, 0) is 0 Å². The van der Waals surface area contributed by atoms with Crippen molar-refractivity contribution in [2.24, 2.45) is 0 Å². The summed E-state index contributed by atoms with van der Waals surface area (Å²) < 4.78 is 4.92. The topological polar surface area (TPSA) is 105 Å². The fourth-order valence-corrected chi connectivity index (χ4v) is 1.31. The molecule has 7 nitrogen and oxygen atoms in total. The van der Waals surface area contributed by atoms with Crippen LogP contribution in [0.4, 0.5) is 5.82 Å². The van der Waals surface area contributed by atoms with Crippen LogP contribution in [-0.2, 0) is 4.74 Å². The predicted octanol–water partition coefficient (Wildman–Crippen LogP) is 0.0611. The summed E-state index contributed by atoms with van der Waals surface area (Å²) >= 11 is 0. The third-order valence-electron chi connectivity index (χ3n) is 2.24. The lowest BCUT2D eigenvalue weighted by Crippen LogP contribution is -2.35. The molecule has 1 amide bonds. The zero-order valence-corrected chi connectivity index (χ0v) is 10.2. The summed E-state index contributed by atoms with van der Waals surface area (Å²) in [6.45, 7) is 1.15. The molecule has 1 rings (SSSR count). The summed E-state index contributed by atoms with van der Waals surface area (Å²) in [4.78, 5) is 21.3. The lowest BCUT2D eigenvalue weighted by Gasteiger charge is -2.20. The summed E-state index contributed by atoms with van der Waals surface area (Å²) in [5.41, 5.74) is 5.61. The number of nitrogens with two attached hydrogens (primary N) is 1. The zero-order valence-electron chi connectivity index (χ0n) is 10.2. The first-order chi connectivity index (χ1) is 8.69. The molecule has 2 N–H and O–H groups in total. The minimum absolute atomic E-state index is 0.207. The molecule has 0 unspecified atom stereocenters. The number of nitrogens with zero attached hydrogens (tertiary/aromatic N) is 4. The summed E-state index contributed by atoms with van der Waals surface area (Å²) in [7, 11) is 1.55. The number of ether oxygens (including phenoxy) is 1. The van der Waals surface area contributed by atoms with E-state index in [1.165, 1.54) is 17.3 Å². The van der Waals surface area contributed by atoms with Gasteiger partial charge in [0, 0.05) is 20.2 Å². The van der Waals surface area contributed by atoms with Gasteiger partial charge in [0.2, 0.25) is 0 Å². The smallest absolute Gasteiger partial charge is 0.274 e. The van der Waals surface area contributed by atoms with E-state index in [2.05, 4.69) is 9.97 Å². The molecule has 0 aliphatic heterocycles. The molecule has 0 aliphatic carbocycles. The number of carbonyl (C=O) groups excluding carboxylic acids is 1. The fraction of sp³-hybridized carbons (Fsp3) is 0.455. The highest BCUT2D eigenvalue weighted by Gasteiger charge is 2.16. The largest absolute Gasteiger partial charge is 0.383 e. The summed E-state index contributed by atoms with van der Waals surface area (Å²) in [5.74, 6) is -0.0261. The maximum absolute atomic E-state index is 12.1. The minimum atomic E-state index is -0.283. The molecule has 0 bridgehead atoms. The Morgan fingerprint density at radius 2 is 2.28 bits per heavy atom. The van der Waals surface area contributed by atoms with Crippen LogP contribution >= 0.6 is 0 Å². The van der Waals surface area contributed by atoms with E-state index >= 15 is 0 Å². The second-order valence-corrected chi connectivity index (χ2v) is 3.52. The van der Waals surface area contributed by atoms with Crippen LogP contribution in [0.15, 0.2) is 12.4 Å². The SMILES string of the molecule is COCCN(CCC#N)C(=O)c1cnc(N)cn1. The molecule has 0 aromatic carbocycles. The second kappa shape index (κ2) is 7.19. The monoisotopic (exact) mass is 249 g/mol. The lowest BCUT2D eigenvalue weighted by atomic mass is 10.3. The number of amides is 1. The Bertz CT molecular complexity index is 426. The van der Waals surface area contributed by atoms with Crippen molar-refractivity contribution in [3.63, 3.8) is 0 Å². The highest BCUT2D eigenvalue weighted by Crippen LogP contribution is 2.03. The van der Waals surface area contributed by atoms with Crippen molar-refractivity contribution in [3.8, 4) is 6.07 Å². The van der Waals surface area contributed by atoms with Crippen molar-refractivity contribution in [2.45, 2.75) is 6.42 Å². The first-order valence-electron chi connectivity index (χ1n) is 5.41. The third-order valence-corrected chi connectivity index (χ3v) is 2.24.